The Balaban J connectivity index is 1.94. The van der Waals surface area contributed by atoms with Gasteiger partial charge in [-0.25, -0.2) is 0 Å². The standard InChI is InChI=1S/C15H20N4S/c1-10-5-7-13(8-6-10)17-15(20)16-9-14-11(2)18-19(4)12(14)3/h5-8H,9H2,1-4H3,(H2,16,17,20). The molecule has 0 bridgehead atoms. The normalized spacial score (nSPS) is 10.4. The second-order valence-corrected chi connectivity index (χ2v) is 5.35. The Hall–Kier alpha value is -1.88. The first-order valence-corrected chi connectivity index (χ1v) is 6.99. The van der Waals surface area contributed by atoms with Gasteiger partial charge in [0.15, 0.2) is 5.11 Å². The van der Waals surface area contributed by atoms with Gasteiger partial charge in [-0.15, -0.1) is 0 Å². The number of hydrogen-bond donors (Lipinski definition) is 2. The quantitative estimate of drug-likeness (QED) is 0.852. The molecule has 0 aliphatic carbocycles. The minimum atomic E-state index is 0.622. The number of nitrogens with zero attached hydrogens (tertiary/aromatic N) is 2. The fourth-order valence-corrected chi connectivity index (χ4v) is 2.24. The van der Waals surface area contributed by atoms with E-state index < -0.39 is 0 Å². The van der Waals surface area contributed by atoms with Crippen molar-refractivity contribution in [1.29, 1.82) is 0 Å². The molecule has 0 saturated heterocycles. The molecular formula is C15H20N4S. The lowest BCUT2D eigenvalue weighted by Crippen LogP contribution is -2.28. The first kappa shape index (κ1) is 14.5. The molecule has 2 rings (SSSR count). The summed E-state index contributed by atoms with van der Waals surface area (Å²) in [4.78, 5) is 0. The second kappa shape index (κ2) is 6.05. The summed E-state index contributed by atoms with van der Waals surface area (Å²) in [5.41, 5.74) is 5.62. The van der Waals surface area contributed by atoms with E-state index in [1.807, 2.05) is 30.8 Å². The van der Waals surface area contributed by atoms with Gasteiger partial charge in [0.25, 0.3) is 0 Å². The number of nitrogens with one attached hydrogen (secondary N) is 2. The highest BCUT2D eigenvalue weighted by atomic mass is 32.1. The lowest BCUT2D eigenvalue weighted by Gasteiger charge is -2.11. The van der Waals surface area contributed by atoms with Gasteiger partial charge in [-0.3, -0.25) is 4.68 Å². The van der Waals surface area contributed by atoms with Crippen LogP contribution in [-0.4, -0.2) is 14.9 Å². The van der Waals surface area contributed by atoms with Gasteiger partial charge in [0, 0.05) is 30.5 Å². The van der Waals surface area contributed by atoms with Crippen molar-refractivity contribution < 1.29 is 0 Å². The van der Waals surface area contributed by atoms with Crippen molar-refractivity contribution in [2.24, 2.45) is 7.05 Å². The van der Waals surface area contributed by atoms with Crippen molar-refractivity contribution in [1.82, 2.24) is 15.1 Å². The van der Waals surface area contributed by atoms with Crippen molar-refractivity contribution in [3.8, 4) is 0 Å². The van der Waals surface area contributed by atoms with Crippen LogP contribution in [0.4, 0.5) is 5.69 Å². The lowest BCUT2D eigenvalue weighted by molar-refractivity contribution is 0.729. The second-order valence-electron chi connectivity index (χ2n) is 4.95. The third kappa shape index (κ3) is 3.36. The Kier molecular flexibility index (Phi) is 4.39. The molecule has 0 spiro atoms. The predicted octanol–water partition coefficient (Wildman–Crippen LogP) is 2.83. The van der Waals surface area contributed by atoms with E-state index in [4.69, 9.17) is 12.2 Å². The maximum Gasteiger partial charge on any atom is 0.171 e. The Bertz CT molecular complexity index is 614. The zero-order valence-electron chi connectivity index (χ0n) is 12.3. The maximum absolute atomic E-state index is 5.31. The molecule has 5 heteroatoms. The van der Waals surface area contributed by atoms with E-state index in [0.717, 1.165) is 17.1 Å². The number of benzene rings is 1. The summed E-state index contributed by atoms with van der Waals surface area (Å²) >= 11 is 5.31. The Morgan fingerprint density at radius 3 is 2.40 bits per heavy atom. The summed E-state index contributed by atoms with van der Waals surface area (Å²) in [6.45, 7) is 6.82. The van der Waals surface area contributed by atoms with Crippen LogP contribution < -0.4 is 10.6 Å². The van der Waals surface area contributed by atoms with Gasteiger partial charge in [-0.1, -0.05) is 17.7 Å². The molecular weight excluding hydrogens is 268 g/mol. The zero-order chi connectivity index (χ0) is 14.7. The molecule has 0 atom stereocenters. The van der Waals surface area contributed by atoms with E-state index in [-0.39, 0.29) is 0 Å². The molecule has 0 radical (unpaired) electrons. The van der Waals surface area contributed by atoms with Crippen molar-refractivity contribution in [3.05, 3.63) is 46.8 Å². The molecule has 20 heavy (non-hydrogen) atoms. The van der Waals surface area contributed by atoms with Crippen LogP contribution in [0, 0.1) is 20.8 Å². The van der Waals surface area contributed by atoms with E-state index >= 15 is 0 Å². The summed E-state index contributed by atoms with van der Waals surface area (Å²) in [5, 5.41) is 11.4. The molecule has 0 unspecified atom stereocenters. The van der Waals surface area contributed by atoms with Gasteiger partial charge in [-0.2, -0.15) is 5.10 Å². The number of thiocarbonyl (C=S) groups is 1. The molecule has 1 aromatic heterocycles. The van der Waals surface area contributed by atoms with E-state index in [1.54, 1.807) is 0 Å². The van der Waals surface area contributed by atoms with Crippen molar-refractivity contribution in [2.45, 2.75) is 27.3 Å². The van der Waals surface area contributed by atoms with Gasteiger partial charge < -0.3 is 10.6 Å². The molecule has 0 aliphatic rings. The molecule has 106 valence electrons. The number of anilines is 1. The minimum absolute atomic E-state index is 0.622. The Labute approximate surface area is 125 Å². The molecule has 2 N–H and O–H groups in total. The molecule has 1 heterocycles. The van der Waals surface area contributed by atoms with Crippen LogP contribution in [0.25, 0.3) is 0 Å². The third-order valence-electron chi connectivity index (χ3n) is 3.39. The molecule has 0 aliphatic heterocycles. The Morgan fingerprint density at radius 2 is 1.85 bits per heavy atom. The number of aromatic nitrogens is 2. The van der Waals surface area contributed by atoms with Crippen LogP contribution in [0.2, 0.25) is 0 Å². The van der Waals surface area contributed by atoms with Crippen molar-refractivity contribution in [3.63, 3.8) is 0 Å². The molecule has 2 aromatic rings. The highest BCUT2D eigenvalue weighted by Gasteiger charge is 2.09. The van der Waals surface area contributed by atoms with Gasteiger partial charge >= 0.3 is 0 Å². The summed E-state index contributed by atoms with van der Waals surface area (Å²) < 4.78 is 1.89. The van der Waals surface area contributed by atoms with E-state index in [0.29, 0.717) is 11.7 Å². The molecule has 0 amide bonds. The fraction of sp³-hybridized carbons (Fsp3) is 0.333. The predicted molar refractivity (Wildman–Crippen MR) is 86.9 cm³/mol. The van der Waals surface area contributed by atoms with Crippen molar-refractivity contribution in [2.75, 3.05) is 5.32 Å². The van der Waals surface area contributed by atoms with Crippen LogP contribution in [0.5, 0.6) is 0 Å². The van der Waals surface area contributed by atoms with Gasteiger partial charge in [0.05, 0.1) is 5.69 Å². The number of hydrogen-bond acceptors (Lipinski definition) is 2. The monoisotopic (exact) mass is 288 g/mol. The van der Waals surface area contributed by atoms with E-state index in [1.165, 1.54) is 11.1 Å². The smallest absolute Gasteiger partial charge is 0.171 e. The minimum Gasteiger partial charge on any atom is -0.358 e. The van der Waals surface area contributed by atoms with Gasteiger partial charge in [0.2, 0.25) is 0 Å². The first-order chi connectivity index (χ1) is 9.47. The van der Waals surface area contributed by atoms with Crippen LogP contribution in [-0.2, 0) is 13.6 Å². The SMILES string of the molecule is Cc1ccc(NC(=S)NCc2c(C)nn(C)c2C)cc1. The van der Waals surface area contributed by atoms with Gasteiger partial charge in [0.1, 0.15) is 0 Å². The average Bonchev–Trinajstić information content (AvgIpc) is 2.64. The van der Waals surface area contributed by atoms with Gasteiger partial charge in [-0.05, 0) is 45.1 Å². The van der Waals surface area contributed by atoms with Crippen LogP contribution in [0.3, 0.4) is 0 Å². The Morgan fingerprint density at radius 1 is 1.20 bits per heavy atom. The summed E-state index contributed by atoms with van der Waals surface area (Å²) in [6, 6.07) is 8.15. The lowest BCUT2D eigenvalue weighted by atomic mass is 10.2. The maximum atomic E-state index is 5.31. The van der Waals surface area contributed by atoms with Crippen LogP contribution >= 0.6 is 12.2 Å². The first-order valence-electron chi connectivity index (χ1n) is 6.58. The fourth-order valence-electron chi connectivity index (χ4n) is 2.05. The topological polar surface area (TPSA) is 41.9 Å². The molecule has 0 fully saturated rings. The number of aryl methyl sites for hydroxylation is 3. The summed E-state index contributed by atoms with van der Waals surface area (Å²) in [7, 11) is 1.95. The van der Waals surface area contributed by atoms with Crippen molar-refractivity contribution >= 4 is 23.0 Å². The average molecular weight is 288 g/mol. The summed E-state index contributed by atoms with van der Waals surface area (Å²) in [5.74, 6) is 0. The molecule has 4 nitrogen and oxygen atoms in total. The van der Waals surface area contributed by atoms with E-state index in [9.17, 15) is 0 Å². The summed E-state index contributed by atoms with van der Waals surface area (Å²) in [6.07, 6.45) is 0. The number of rotatable bonds is 3. The third-order valence-corrected chi connectivity index (χ3v) is 3.64. The zero-order valence-corrected chi connectivity index (χ0v) is 13.1. The van der Waals surface area contributed by atoms with E-state index in [2.05, 4.69) is 41.7 Å². The molecule has 1 aromatic carbocycles. The largest absolute Gasteiger partial charge is 0.358 e. The highest BCUT2D eigenvalue weighted by Crippen LogP contribution is 2.12. The molecule has 0 saturated carbocycles. The van der Waals surface area contributed by atoms with Crippen LogP contribution in [0.15, 0.2) is 24.3 Å². The highest BCUT2D eigenvalue weighted by molar-refractivity contribution is 7.80. The van der Waals surface area contributed by atoms with Crippen LogP contribution in [0.1, 0.15) is 22.5 Å².